The van der Waals surface area contributed by atoms with E-state index in [0.717, 1.165) is 0 Å². The quantitative estimate of drug-likeness (QED) is 0.378. The maximum absolute atomic E-state index is 12.3. The van der Waals surface area contributed by atoms with E-state index in [1.165, 1.54) is 22.3 Å². The summed E-state index contributed by atoms with van der Waals surface area (Å²) in [5, 5.41) is 14.8. The highest BCUT2D eigenvalue weighted by atomic mass is 16.5. The van der Waals surface area contributed by atoms with Gasteiger partial charge in [0.2, 0.25) is 5.91 Å². The van der Waals surface area contributed by atoms with E-state index in [1.54, 1.807) is 6.92 Å². The lowest BCUT2D eigenvalue weighted by Gasteiger charge is -2.18. The zero-order chi connectivity index (χ0) is 25.4. The predicted octanol–water partition coefficient (Wildman–Crippen LogP) is 4.80. The van der Waals surface area contributed by atoms with Gasteiger partial charge in [0.1, 0.15) is 6.61 Å². The van der Waals surface area contributed by atoms with Crippen LogP contribution in [0.3, 0.4) is 0 Å². The number of hydrogen-bond acceptors (Lipinski definition) is 4. The molecule has 0 saturated carbocycles. The van der Waals surface area contributed by atoms with Crippen LogP contribution >= 0.6 is 0 Å². The number of hydrogen-bond donors (Lipinski definition) is 3. The van der Waals surface area contributed by atoms with Gasteiger partial charge in [-0.15, -0.1) is 0 Å². The number of fused-ring (bicyclic) bond motifs is 3. The van der Waals surface area contributed by atoms with Crippen LogP contribution in [0.1, 0.15) is 57.1 Å². The van der Waals surface area contributed by atoms with E-state index < -0.39 is 18.0 Å². The number of carboxylic acids is 1. The SMILES string of the molecule is CC(C)CC(CNC(=O)C(C)CCCNC(=O)OCC1c2ccccc2-c2ccccc21)C(=O)O. The first kappa shape index (κ1) is 26.3. The van der Waals surface area contributed by atoms with Crippen LogP contribution in [0.4, 0.5) is 4.79 Å². The molecule has 2 amide bonds. The Morgan fingerprint density at radius 2 is 1.54 bits per heavy atom. The average Bonchev–Trinajstić information content (AvgIpc) is 3.16. The van der Waals surface area contributed by atoms with Crippen LogP contribution in [0.5, 0.6) is 0 Å². The van der Waals surface area contributed by atoms with Gasteiger partial charge < -0.3 is 20.5 Å². The Hall–Kier alpha value is -3.35. The Morgan fingerprint density at radius 1 is 0.943 bits per heavy atom. The van der Waals surface area contributed by atoms with Crippen molar-refractivity contribution in [1.82, 2.24) is 10.6 Å². The van der Waals surface area contributed by atoms with Crippen molar-refractivity contribution in [3.05, 3.63) is 59.7 Å². The lowest BCUT2D eigenvalue weighted by atomic mass is 9.96. The Labute approximate surface area is 207 Å². The van der Waals surface area contributed by atoms with Gasteiger partial charge in [0, 0.05) is 24.9 Å². The second-order valence-corrected chi connectivity index (χ2v) is 9.71. The largest absolute Gasteiger partial charge is 0.481 e. The number of carbonyl (C=O) groups excluding carboxylic acids is 2. The van der Waals surface area contributed by atoms with E-state index in [-0.39, 0.29) is 36.8 Å². The van der Waals surface area contributed by atoms with Gasteiger partial charge in [0.05, 0.1) is 5.92 Å². The summed E-state index contributed by atoms with van der Waals surface area (Å²) in [5.41, 5.74) is 4.70. The summed E-state index contributed by atoms with van der Waals surface area (Å²) in [6.07, 6.45) is 1.25. The topological polar surface area (TPSA) is 105 Å². The molecule has 0 spiro atoms. The molecule has 0 fully saturated rings. The van der Waals surface area contributed by atoms with Crippen LogP contribution in [-0.2, 0) is 14.3 Å². The molecule has 2 atom stereocenters. The van der Waals surface area contributed by atoms with Crippen molar-refractivity contribution in [2.75, 3.05) is 19.7 Å². The minimum absolute atomic E-state index is 0.0159. The molecule has 2 aromatic rings. The molecule has 1 aliphatic carbocycles. The highest BCUT2D eigenvalue weighted by Gasteiger charge is 2.29. The number of nitrogens with one attached hydrogen (secondary N) is 2. The Balaban J connectivity index is 1.37. The third-order valence-electron chi connectivity index (χ3n) is 6.50. The van der Waals surface area contributed by atoms with E-state index in [0.29, 0.717) is 25.8 Å². The molecule has 7 heteroatoms. The smallest absolute Gasteiger partial charge is 0.407 e. The van der Waals surface area contributed by atoms with Crippen molar-refractivity contribution >= 4 is 18.0 Å². The molecule has 3 rings (SSSR count). The molecule has 1 aliphatic rings. The van der Waals surface area contributed by atoms with Crippen molar-refractivity contribution in [2.45, 2.75) is 46.0 Å². The first-order valence-electron chi connectivity index (χ1n) is 12.4. The highest BCUT2D eigenvalue weighted by Crippen LogP contribution is 2.44. The monoisotopic (exact) mass is 480 g/mol. The maximum Gasteiger partial charge on any atom is 0.407 e. The van der Waals surface area contributed by atoms with Crippen LogP contribution in [-0.4, -0.2) is 42.8 Å². The molecular formula is C28H36N2O5. The molecule has 0 aromatic heterocycles. The summed E-state index contributed by atoms with van der Waals surface area (Å²) in [7, 11) is 0. The Morgan fingerprint density at radius 3 is 2.11 bits per heavy atom. The number of alkyl carbamates (subject to hydrolysis) is 1. The van der Waals surface area contributed by atoms with Gasteiger partial charge in [0.15, 0.2) is 0 Å². The minimum Gasteiger partial charge on any atom is -0.481 e. The minimum atomic E-state index is -0.890. The lowest BCUT2D eigenvalue weighted by molar-refractivity contribution is -0.142. The maximum atomic E-state index is 12.3. The van der Waals surface area contributed by atoms with Crippen molar-refractivity contribution in [3.63, 3.8) is 0 Å². The lowest BCUT2D eigenvalue weighted by Crippen LogP contribution is -2.36. The standard InChI is InChI=1S/C28H36N2O5/c1-18(2)15-20(27(32)33)16-30-26(31)19(3)9-8-14-29-28(34)35-17-25-23-12-6-4-10-21(23)22-11-5-7-13-24(22)25/h4-7,10-13,18-20,25H,8-9,14-17H2,1-3H3,(H,29,34)(H,30,31)(H,32,33). The summed E-state index contributed by atoms with van der Waals surface area (Å²) >= 11 is 0. The summed E-state index contributed by atoms with van der Waals surface area (Å²) < 4.78 is 5.53. The summed E-state index contributed by atoms with van der Waals surface area (Å²) in [4.78, 5) is 35.9. The van der Waals surface area contributed by atoms with Crippen molar-refractivity contribution in [2.24, 2.45) is 17.8 Å². The summed E-state index contributed by atoms with van der Waals surface area (Å²) in [5.74, 6) is -1.65. The van der Waals surface area contributed by atoms with Gasteiger partial charge in [-0.3, -0.25) is 9.59 Å². The zero-order valence-electron chi connectivity index (χ0n) is 20.8. The average molecular weight is 481 g/mol. The Kier molecular flexibility index (Phi) is 9.29. The predicted molar refractivity (Wildman–Crippen MR) is 135 cm³/mol. The molecule has 2 unspecified atom stereocenters. The fraction of sp³-hybridized carbons (Fsp3) is 0.464. The highest BCUT2D eigenvalue weighted by molar-refractivity contribution is 5.80. The number of benzene rings is 2. The van der Waals surface area contributed by atoms with E-state index in [2.05, 4.69) is 34.9 Å². The molecule has 188 valence electrons. The third-order valence-corrected chi connectivity index (χ3v) is 6.50. The first-order chi connectivity index (χ1) is 16.8. The van der Waals surface area contributed by atoms with Crippen molar-refractivity contribution in [3.8, 4) is 11.1 Å². The third kappa shape index (κ3) is 7.07. The molecule has 3 N–H and O–H groups in total. The molecule has 35 heavy (non-hydrogen) atoms. The van der Waals surface area contributed by atoms with Crippen LogP contribution < -0.4 is 10.6 Å². The molecule has 0 aliphatic heterocycles. The fourth-order valence-corrected chi connectivity index (χ4v) is 4.62. The fourth-order valence-electron chi connectivity index (χ4n) is 4.62. The van der Waals surface area contributed by atoms with E-state index in [4.69, 9.17) is 4.74 Å². The molecule has 0 saturated heterocycles. The van der Waals surface area contributed by atoms with Gasteiger partial charge >= 0.3 is 12.1 Å². The van der Waals surface area contributed by atoms with E-state index in [9.17, 15) is 19.5 Å². The van der Waals surface area contributed by atoms with Crippen LogP contribution in [0.25, 0.3) is 11.1 Å². The summed E-state index contributed by atoms with van der Waals surface area (Å²) in [6.45, 7) is 6.53. The molecule has 0 bridgehead atoms. The van der Waals surface area contributed by atoms with Crippen molar-refractivity contribution < 1.29 is 24.2 Å². The summed E-state index contributed by atoms with van der Waals surface area (Å²) in [6, 6.07) is 16.4. The number of aliphatic carboxylic acids is 1. The van der Waals surface area contributed by atoms with Crippen LogP contribution in [0, 0.1) is 17.8 Å². The van der Waals surface area contributed by atoms with Gasteiger partial charge in [-0.1, -0.05) is 69.3 Å². The molecule has 0 radical (unpaired) electrons. The van der Waals surface area contributed by atoms with Gasteiger partial charge in [-0.2, -0.15) is 0 Å². The van der Waals surface area contributed by atoms with E-state index in [1.807, 2.05) is 38.1 Å². The number of carboxylic acid groups (broad SMARTS) is 1. The van der Waals surface area contributed by atoms with Crippen LogP contribution in [0.2, 0.25) is 0 Å². The molecule has 0 heterocycles. The Bertz CT molecular complexity index is 990. The molecular weight excluding hydrogens is 444 g/mol. The number of amides is 2. The first-order valence-corrected chi connectivity index (χ1v) is 12.4. The van der Waals surface area contributed by atoms with E-state index >= 15 is 0 Å². The zero-order valence-corrected chi connectivity index (χ0v) is 20.8. The number of rotatable bonds is 12. The van der Waals surface area contributed by atoms with Gasteiger partial charge in [0.25, 0.3) is 0 Å². The second-order valence-electron chi connectivity index (χ2n) is 9.71. The van der Waals surface area contributed by atoms with Gasteiger partial charge in [-0.25, -0.2) is 4.79 Å². The number of carbonyl (C=O) groups is 3. The van der Waals surface area contributed by atoms with Crippen molar-refractivity contribution in [1.29, 1.82) is 0 Å². The molecule has 7 nitrogen and oxygen atoms in total. The second kappa shape index (κ2) is 12.4. The number of ether oxygens (including phenoxy) is 1. The van der Waals surface area contributed by atoms with Gasteiger partial charge in [-0.05, 0) is 47.4 Å². The molecule has 2 aromatic carbocycles. The van der Waals surface area contributed by atoms with Crippen LogP contribution in [0.15, 0.2) is 48.5 Å². The normalized spacial score (nSPS) is 14.1.